The Kier molecular flexibility index (Phi) is 4.17. The number of nitrogens with zero attached hydrogens (tertiary/aromatic N) is 3. The van der Waals surface area contributed by atoms with E-state index in [-0.39, 0.29) is 5.95 Å². The Morgan fingerprint density at radius 3 is 2.50 bits per heavy atom. The Balaban J connectivity index is 2.20. The summed E-state index contributed by atoms with van der Waals surface area (Å²) < 4.78 is 0. The van der Waals surface area contributed by atoms with E-state index in [4.69, 9.17) is 28.9 Å². The predicted octanol–water partition coefficient (Wildman–Crippen LogP) is 2.63. The molecule has 18 heavy (non-hydrogen) atoms. The first-order valence-electron chi connectivity index (χ1n) is 5.26. The van der Waals surface area contributed by atoms with E-state index in [1.54, 1.807) is 12.1 Å². The van der Waals surface area contributed by atoms with Gasteiger partial charge in [0.15, 0.2) is 0 Å². The zero-order valence-corrected chi connectivity index (χ0v) is 10.9. The minimum absolute atomic E-state index is 0.168. The SMILES string of the molecule is Nc1nc(CCCl)nc(Nc2ccc(Cl)cc2)n1. The smallest absolute Gasteiger partial charge is 0.232 e. The van der Waals surface area contributed by atoms with Gasteiger partial charge in [0.05, 0.1) is 0 Å². The van der Waals surface area contributed by atoms with Gasteiger partial charge in [-0.15, -0.1) is 11.6 Å². The van der Waals surface area contributed by atoms with Crippen molar-refractivity contribution in [3.05, 3.63) is 35.1 Å². The molecule has 0 amide bonds. The minimum Gasteiger partial charge on any atom is -0.368 e. The lowest BCUT2D eigenvalue weighted by atomic mass is 10.3. The monoisotopic (exact) mass is 283 g/mol. The van der Waals surface area contributed by atoms with Gasteiger partial charge in [0, 0.05) is 23.0 Å². The van der Waals surface area contributed by atoms with Crippen molar-refractivity contribution >= 4 is 40.8 Å². The van der Waals surface area contributed by atoms with Crippen LogP contribution in [-0.2, 0) is 6.42 Å². The second-order valence-electron chi connectivity index (χ2n) is 3.50. The number of aryl methyl sites for hydroxylation is 1. The normalized spacial score (nSPS) is 10.3. The minimum atomic E-state index is 0.168. The third-order valence-corrected chi connectivity index (χ3v) is 2.56. The summed E-state index contributed by atoms with van der Waals surface area (Å²) in [7, 11) is 0. The fourth-order valence-corrected chi connectivity index (χ4v) is 1.65. The first-order valence-corrected chi connectivity index (χ1v) is 6.17. The van der Waals surface area contributed by atoms with Crippen molar-refractivity contribution in [1.29, 1.82) is 0 Å². The third-order valence-electron chi connectivity index (χ3n) is 2.12. The van der Waals surface area contributed by atoms with Crippen LogP contribution in [-0.4, -0.2) is 20.8 Å². The number of nitrogens with two attached hydrogens (primary N) is 1. The first-order chi connectivity index (χ1) is 8.67. The molecule has 0 aliphatic rings. The number of halogens is 2. The molecule has 0 unspecified atom stereocenters. The number of rotatable bonds is 4. The summed E-state index contributed by atoms with van der Waals surface area (Å²) in [5, 5.41) is 3.69. The maximum Gasteiger partial charge on any atom is 0.232 e. The lowest BCUT2D eigenvalue weighted by Gasteiger charge is -2.06. The molecule has 0 aliphatic heterocycles. The third kappa shape index (κ3) is 3.45. The molecule has 0 atom stereocenters. The van der Waals surface area contributed by atoms with Crippen molar-refractivity contribution in [2.24, 2.45) is 0 Å². The van der Waals surface area contributed by atoms with Crippen LogP contribution in [0.25, 0.3) is 0 Å². The van der Waals surface area contributed by atoms with E-state index in [1.807, 2.05) is 12.1 Å². The summed E-state index contributed by atoms with van der Waals surface area (Å²) in [6.07, 6.45) is 0.545. The molecule has 7 heteroatoms. The maximum absolute atomic E-state index is 5.80. The van der Waals surface area contributed by atoms with Gasteiger partial charge in [-0.05, 0) is 24.3 Å². The molecule has 0 saturated heterocycles. The van der Waals surface area contributed by atoms with Gasteiger partial charge in [0.1, 0.15) is 5.82 Å². The van der Waals surface area contributed by atoms with Gasteiger partial charge >= 0.3 is 0 Å². The Hall–Kier alpha value is -1.59. The Morgan fingerprint density at radius 2 is 1.83 bits per heavy atom. The second kappa shape index (κ2) is 5.84. The molecule has 2 rings (SSSR count). The number of anilines is 3. The second-order valence-corrected chi connectivity index (χ2v) is 4.32. The summed E-state index contributed by atoms with van der Waals surface area (Å²) in [5.41, 5.74) is 6.42. The molecule has 0 radical (unpaired) electrons. The van der Waals surface area contributed by atoms with Gasteiger partial charge < -0.3 is 11.1 Å². The van der Waals surface area contributed by atoms with Crippen molar-refractivity contribution in [2.75, 3.05) is 16.9 Å². The highest BCUT2D eigenvalue weighted by Crippen LogP contribution is 2.17. The molecule has 5 nitrogen and oxygen atoms in total. The predicted molar refractivity (Wildman–Crippen MR) is 73.4 cm³/mol. The lowest BCUT2D eigenvalue weighted by Crippen LogP contribution is -2.07. The standard InChI is InChI=1S/C11H11Cl2N5/c12-6-5-9-16-10(14)18-11(17-9)15-8-3-1-7(13)2-4-8/h1-4H,5-6H2,(H3,14,15,16,17,18). The first kappa shape index (κ1) is 12.9. The van der Waals surface area contributed by atoms with E-state index in [9.17, 15) is 0 Å². The number of hydrogen-bond acceptors (Lipinski definition) is 5. The number of alkyl halides is 1. The van der Waals surface area contributed by atoms with Crippen LogP contribution in [0.1, 0.15) is 5.82 Å². The van der Waals surface area contributed by atoms with Crippen molar-refractivity contribution in [3.8, 4) is 0 Å². The van der Waals surface area contributed by atoms with E-state index in [2.05, 4.69) is 20.3 Å². The summed E-state index contributed by atoms with van der Waals surface area (Å²) in [5.74, 6) is 1.56. The largest absolute Gasteiger partial charge is 0.368 e. The number of hydrogen-bond donors (Lipinski definition) is 2. The zero-order chi connectivity index (χ0) is 13.0. The van der Waals surface area contributed by atoms with E-state index in [0.29, 0.717) is 29.1 Å². The average Bonchev–Trinajstić information content (AvgIpc) is 2.32. The number of nitrogens with one attached hydrogen (secondary N) is 1. The molecule has 1 aromatic heterocycles. The molecule has 1 heterocycles. The number of benzene rings is 1. The molecule has 3 N–H and O–H groups in total. The van der Waals surface area contributed by atoms with Crippen LogP contribution >= 0.6 is 23.2 Å². The van der Waals surface area contributed by atoms with E-state index >= 15 is 0 Å². The van der Waals surface area contributed by atoms with Gasteiger partial charge in [0.25, 0.3) is 0 Å². The zero-order valence-electron chi connectivity index (χ0n) is 9.40. The van der Waals surface area contributed by atoms with Crippen LogP contribution in [0.4, 0.5) is 17.6 Å². The lowest BCUT2D eigenvalue weighted by molar-refractivity contribution is 0.917. The quantitative estimate of drug-likeness (QED) is 0.844. The number of nitrogen functional groups attached to an aromatic ring is 1. The molecule has 0 bridgehead atoms. The number of aromatic nitrogens is 3. The van der Waals surface area contributed by atoms with Crippen molar-refractivity contribution in [2.45, 2.75) is 6.42 Å². The van der Waals surface area contributed by atoms with Crippen molar-refractivity contribution < 1.29 is 0 Å². The van der Waals surface area contributed by atoms with Crippen LogP contribution < -0.4 is 11.1 Å². The summed E-state index contributed by atoms with van der Waals surface area (Å²) in [4.78, 5) is 12.2. The molecule has 1 aromatic carbocycles. The van der Waals surface area contributed by atoms with Gasteiger partial charge in [-0.1, -0.05) is 11.6 Å². The van der Waals surface area contributed by atoms with Crippen LogP contribution in [0.3, 0.4) is 0 Å². The van der Waals surface area contributed by atoms with Crippen molar-refractivity contribution in [1.82, 2.24) is 15.0 Å². The molecule has 0 saturated carbocycles. The fourth-order valence-electron chi connectivity index (χ4n) is 1.35. The van der Waals surface area contributed by atoms with Crippen LogP contribution in [0.5, 0.6) is 0 Å². The highest BCUT2D eigenvalue weighted by Gasteiger charge is 2.04. The maximum atomic E-state index is 5.80. The molecule has 0 fully saturated rings. The van der Waals surface area contributed by atoms with Crippen LogP contribution in [0.15, 0.2) is 24.3 Å². The topological polar surface area (TPSA) is 76.7 Å². The van der Waals surface area contributed by atoms with Gasteiger partial charge in [0.2, 0.25) is 11.9 Å². The van der Waals surface area contributed by atoms with E-state index < -0.39 is 0 Å². The molecular formula is C11H11Cl2N5. The van der Waals surface area contributed by atoms with Crippen LogP contribution in [0.2, 0.25) is 5.02 Å². The molecule has 0 spiro atoms. The Labute approximate surface area is 114 Å². The van der Waals surface area contributed by atoms with Gasteiger partial charge in [-0.25, -0.2) is 0 Å². The summed E-state index contributed by atoms with van der Waals surface area (Å²) in [6, 6.07) is 7.19. The fraction of sp³-hybridized carbons (Fsp3) is 0.182. The molecule has 0 aliphatic carbocycles. The van der Waals surface area contributed by atoms with Crippen LogP contribution in [0, 0.1) is 0 Å². The van der Waals surface area contributed by atoms with Gasteiger partial charge in [-0.3, -0.25) is 0 Å². The summed E-state index contributed by atoms with van der Waals surface area (Å²) in [6.45, 7) is 0. The molecular weight excluding hydrogens is 273 g/mol. The molecule has 2 aromatic rings. The van der Waals surface area contributed by atoms with E-state index in [0.717, 1.165) is 5.69 Å². The highest BCUT2D eigenvalue weighted by molar-refractivity contribution is 6.30. The van der Waals surface area contributed by atoms with Gasteiger partial charge in [-0.2, -0.15) is 15.0 Å². The average molecular weight is 284 g/mol. The highest BCUT2D eigenvalue weighted by atomic mass is 35.5. The molecule has 94 valence electrons. The Morgan fingerprint density at radius 1 is 1.11 bits per heavy atom. The Bertz CT molecular complexity index is 529. The van der Waals surface area contributed by atoms with Crippen molar-refractivity contribution in [3.63, 3.8) is 0 Å². The summed E-state index contributed by atoms with van der Waals surface area (Å²) >= 11 is 11.4. The van der Waals surface area contributed by atoms with E-state index in [1.165, 1.54) is 0 Å².